The Labute approximate surface area is 473 Å². The highest BCUT2D eigenvalue weighted by atomic mass is 32.1. The number of pyridine rings is 2. The van der Waals surface area contributed by atoms with Crippen LogP contribution in [0.1, 0.15) is 91.0 Å². The molecule has 3 aliphatic heterocycles. The van der Waals surface area contributed by atoms with Gasteiger partial charge in [-0.25, -0.2) is 4.98 Å². The summed E-state index contributed by atoms with van der Waals surface area (Å²) in [7, 11) is 0. The van der Waals surface area contributed by atoms with Crippen molar-refractivity contribution < 1.29 is 38.5 Å². The molecule has 3 aliphatic rings. The van der Waals surface area contributed by atoms with Crippen LogP contribution in [0.2, 0.25) is 0 Å². The van der Waals surface area contributed by atoms with Gasteiger partial charge in [0.1, 0.15) is 18.7 Å². The number of ether oxygens (including phenoxy) is 3. The number of aliphatic hydroxyl groups excluding tert-OH is 1. The van der Waals surface area contributed by atoms with Gasteiger partial charge in [0.2, 0.25) is 17.7 Å². The maximum Gasteiger partial charge on any atom is 0.253 e. The minimum absolute atomic E-state index is 0.0160. The number of carbonyl (C=O) groups is 4. The smallest absolute Gasteiger partial charge is 0.253 e. The SMILES string of the molecule is CCN(c1cc(-c2ccc(N3CCN(CCOCCOCC(=O)NC(C(=O)N4C[C@H](O)C[C@H]4C(=O)NCc4ccc(-c5scnc5C)cc4)C(C)(C)C)CC3)cn2)cc(C(=O)NCc2c(C)cc(C)[nH]c2=O)c1C)C1CCOCC1. The second-order valence-corrected chi connectivity index (χ2v) is 23.1. The van der Waals surface area contributed by atoms with E-state index in [-0.39, 0.29) is 62.7 Å². The van der Waals surface area contributed by atoms with Crippen LogP contribution in [-0.2, 0) is 41.7 Å². The van der Waals surface area contributed by atoms with Crippen molar-refractivity contribution in [3.8, 4) is 21.7 Å². The molecule has 4 amide bonds. The average molecular weight is 1120 g/mol. The van der Waals surface area contributed by atoms with Gasteiger partial charge in [0, 0.05) is 113 Å². The Balaban J connectivity index is 0.771. The summed E-state index contributed by atoms with van der Waals surface area (Å²) in [5.74, 6) is -1.52. The molecular weight excluding hydrogens is 1040 g/mol. The van der Waals surface area contributed by atoms with Crippen LogP contribution in [-0.4, -0.2) is 163 Å². The Morgan fingerprint density at radius 2 is 1.64 bits per heavy atom. The van der Waals surface area contributed by atoms with Crippen molar-refractivity contribution in [1.82, 2.24) is 40.7 Å². The highest BCUT2D eigenvalue weighted by molar-refractivity contribution is 7.13. The van der Waals surface area contributed by atoms with E-state index in [1.165, 1.54) is 4.90 Å². The van der Waals surface area contributed by atoms with Crippen molar-refractivity contribution in [2.45, 2.75) is 112 Å². The molecule has 8 rings (SSSR count). The van der Waals surface area contributed by atoms with E-state index < -0.39 is 35.4 Å². The minimum Gasteiger partial charge on any atom is -0.391 e. The van der Waals surface area contributed by atoms with Gasteiger partial charge in [0.25, 0.3) is 11.5 Å². The van der Waals surface area contributed by atoms with Crippen LogP contribution in [0, 0.1) is 33.1 Å². The van der Waals surface area contributed by atoms with Crippen molar-refractivity contribution in [3.63, 3.8) is 0 Å². The fraction of sp³-hybridized carbons (Fsp3) is 0.517. The van der Waals surface area contributed by atoms with Crippen molar-refractivity contribution in [2.24, 2.45) is 5.41 Å². The van der Waals surface area contributed by atoms with Gasteiger partial charge < -0.3 is 55.0 Å². The Kier molecular flexibility index (Phi) is 20.3. The topological polar surface area (TPSA) is 224 Å². The molecule has 80 heavy (non-hydrogen) atoms. The lowest BCUT2D eigenvalue weighted by atomic mass is 9.85. The molecule has 0 aliphatic carbocycles. The number of aromatic amines is 1. The number of β-amino-alcohol motifs (C(OH)–C–C–N with tert-alkyl or cyclic N) is 1. The normalized spacial score (nSPS) is 17.6. The van der Waals surface area contributed by atoms with E-state index in [0.29, 0.717) is 37.6 Å². The number of nitrogens with one attached hydrogen (secondary N) is 4. The van der Waals surface area contributed by atoms with Gasteiger partial charge in [-0.2, -0.15) is 0 Å². The highest BCUT2D eigenvalue weighted by Crippen LogP contribution is 2.35. The summed E-state index contributed by atoms with van der Waals surface area (Å²) in [6.45, 7) is 22.6. The number of H-pyrrole nitrogens is 1. The number of aliphatic hydroxyl groups is 1. The molecule has 0 radical (unpaired) electrons. The largest absolute Gasteiger partial charge is 0.391 e. The summed E-state index contributed by atoms with van der Waals surface area (Å²) in [6.07, 6.45) is 2.93. The molecular formula is C60H80N10O9S. The van der Waals surface area contributed by atoms with E-state index in [1.807, 2.05) is 103 Å². The van der Waals surface area contributed by atoms with Gasteiger partial charge in [-0.15, -0.1) is 11.3 Å². The molecule has 1 unspecified atom stereocenters. The van der Waals surface area contributed by atoms with Crippen molar-refractivity contribution >= 4 is 46.3 Å². The number of hydrogen-bond donors (Lipinski definition) is 5. The first-order valence-electron chi connectivity index (χ1n) is 28.0. The number of carbonyl (C=O) groups excluding carboxylic acids is 4. The minimum atomic E-state index is -0.966. The predicted octanol–water partition coefficient (Wildman–Crippen LogP) is 5.69. The number of likely N-dealkylation sites (tertiary alicyclic amines) is 1. The Morgan fingerprint density at radius 3 is 2.30 bits per heavy atom. The van der Waals surface area contributed by atoms with E-state index in [2.05, 4.69) is 59.7 Å². The lowest BCUT2D eigenvalue weighted by molar-refractivity contribution is -0.144. The maximum absolute atomic E-state index is 14.1. The summed E-state index contributed by atoms with van der Waals surface area (Å²) in [5.41, 5.74) is 11.0. The van der Waals surface area contributed by atoms with Crippen LogP contribution in [0.15, 0.2) is 71.1 Å². The Morgan fingerprint density at radius 1 is 0.900 bits per heavy atom. The fourth-order valence-electron chi connectivity index (χ4n) is 10.9. The number of nitrogens with zero attached hydrogens (tertiary/aromatic N) is 6. The first-order valence-corrected chi connectivity index (χ1v) is 28.9. The molecule has 2 aromatic carbocycles. The second kappa shape index (κ2) is 27.3. The monoisotopic (exact) mass is 1120 g/mol. The van der Waals surface area contributed by atoms with Gasteiger partial charge in [-0.3, -0.25) is 33.9 Å². The number of rotatable bonds is 22. The first-order chi connectivity index (χ1) is 38.4. The third-order valence-corrected chi connectivity index (χ3v) is 16.5. The zero-order valence-electron chi connectivity index (χ0n) is 47.7. The molecule has 3 atom stereocenters. The molecule has 3 fully saturated rings. The van der Waals surface area contributed by atoms with Crippen molar-refractivity contribution in [1.29, 1.82) is 0 Å². The third kappa shape index (κ3) is 15.1. The lowest BCUT2D eigenvalue weighted by Gasteiger charge is -2.37. The summed E-state index contributed by atoms with van der Waals surface area (Å²) in [4.78, 5) is 89.2. The summed E-state index contributed by atoms with van der Waals surface area (Å²) in [5, 5.41) is 19.4. The zero-order valence-corrected chi connectivity index (χ0v) is 48.5. The molecule has 20 heteroatoms. The third-order valence-electron chi connectivity index (χ3n) is 15.5. The van der Waals surface area contributed by atoms with E-state index in [1.54, 1.807) is 11.3 Å². The second-order valence-electron chi connectivity index (χ2n) is 22.3. The van der Waals surface area contributed by atoms with Crippen LogP contribution in [0.5, 0.6) is 0 Å². The molecule has 3 aromatic heterocycles. The van der Waals surface area contributed by atoms with Crippen LogP contribution in [0.4, 0.5) is 11.4 Å². The average Bonchev–Trinajstić information content (AvgIpc) is 4.09. The van der Waals surface area contributed by atoms with E-state index in [9.17, 15) is 29.1 Å². The quantitative estimate of drug-likeness (QED) is 0.0526. The van der Waals surface area contributed by atoms with Crippen LogP contribution >= 0.6 is 11.3 Å². The number of hydrogen-bond acceptors (Lipinski definition) is 15. The van der Waals surface area contributed by atoms with E-state index >= 15 is 0 Å². The van der Waals surface area contributed by atoms with Crippen LogP contribution < -0.4 is 31.3 Å². The summed E-state index contributed by atoms with van der Waals surface area (Å²) >= 11 is 1.57. The van der Waals surface area contributed by atoms with Gasteiger partial charge in [0.15, 0.2) is 0 Å². The first kappa shape index (κ1) is 59.6. The fourth-order valence-corrected chi connectivity index (χ4v) is 11.7. The molecule has 5 N–H and O–H groups in total. The van der Waals surface area contributed by atoms with Crippen LogP contribution in [0.3, 0.4) is 0 Å². The molecule has 0 spiro atoms. The van der Waals surface area contributed by atoms with E-state index in [4.69, 9.17) is 19.2 Å². The molecule has 430 valence electrons. The number of thiazole rings is 1. The molecule has 3 saturated heterocycles. The number of amides is 4. The van der Waals surface area contributed by atoms with Crippen LogP contribution in [0.25, 0.3) is 21.7 Å². The Bertz CT molecular complexity index is 2980. The van der Waals surface area contributed by atoms with Gasteiger partial charge in [0.05, 0.1) is 59.6 Å². The van der Waals surface area contributed by atoms with Gasteiger partial charge in [-0.05, 0) is 105 Å². The highest BCUT2D eigenvalue weighted by Gasteiger charge is 2.44. The van der Waals surface area contributed by atoms with Gasteiger partial charge >= 0.3 is 0 Å². The summed E-state index contributed by atoms with van der Waals surface area (Å²) < 4.78 is 17.3. The van der Waals surface area contributed by atoms with Gasteiger partial charge in [-0.1, -0.05) is 45.0 Å². The molecule has 19 nitrogen and oxygen atoms in total. The lowest BCUT2D eigenvalue weighted by Crippen LogP contribution is -2.58. The molecule has 5 aromatic rings. The molecule has 0 bridgehead atoms. The number of aromatic nitrogens is 3. The number of anilines is 2. The maximum atomic E-state index is 14.1. The standard InChI is InChI=1S/C60H80N10O9S/c1-9-69(45-16-23-77-24-17-45)51-30-44(29-48(40(51)4)56(73)63-34-49-38(2)28-39(3)65-57(49)74)50-15-14-46(33-61-50)68-20-18-67(19-21-68)22-25-78-26-27-79-36-53(72)66-55(60(6,7)8)59(76)70-35-47(71)31-52(70)58(75)62-32-42-10-12-43(13-11-42)54-41(5)64-37-80-54/h10-15,28-30,33,37,45,47,52,55,71H,9,16-27,31-32,34-36H2,1-8H3,(H,62,75)(H,63,73)(H,65,74)(H,66,72)/t47-,52+,55?/m1/s1. The number of aryl methyl sites for hydroxylation is 3. The predicted molar refractivity (Wildman–Crippen MR) is 311 cm³/mol. The zero-order chi connectivity index (χ0) is 57.1. The molecule has 0 saturated carbocycles. The van der Waals surface area contributed by atoms with E-state index in [0.717, 1.165) is 113 Å². The summed E-state index contributed by atoms with van der Waals surface area (Å²) in [6, 6.07) is 16.4. The molecule has 6 heterocycles. The van der Waals surface area contributed by atoms with Crippen molar-refractivity contribution in [2.75, 3.05) is 95.3 Å². The van der Waals surface area contributed by atoms with Crippen molar-refractivity contribution in [3.05, 3.63) is 116 Å². The number of piperazine rings is 1. The number of benzene rings is 2. The Hall–Kier alpha value is -6.55.